The van der Waals surface area contributed by atoms with Crippen molar-refractivity contribution in [3.8, 4) is 5.75 Å². The van der Waals surface area contributed by atoms with E-state index in [2.05, 4.69) is 0 Å². The van der Waals surface area contributed by atoms with Gasteiger partial charge in [-0.05, 0) is 41.7 Å². The summed E-state index contributed by atoms with van der Waals surface area (Å²) in [5.41, 5.74) is 3.20. The Kier molecular flexibility index (Phi) is 4.60. The normalized spacial score (nSPS) is 22.5. The van der Waals surface area contributed by atoms with Crippen LogP contribution in [0.1, 0.15) is 35.6 Å². The lowest BCUT2D eigenvalue weighted by Gasteiger charge is -2.41. The zero-order valence-corrected chi connectivity index (χ0v) is 15.5. The summed E-state index contributed by atoms with van der Waals surface area (Å²) < 4.78 is 0. The number of carbonyl (C=O) groups excluding carboxylic acids is 2. The fourth-order valence-electron chi connectivity index (χ4n) is 4.36. The Morgan fingerprint density at radius 3 is 2.63 bits per heavy atom. The van der Waals surface area contributed by atoms with Gasteiger partial charge in [0.25, 0.3) is 0 Å². The van der Waals surface area contributed by atoms with Crippen LogP contribution < -0.4 is 0 Å². The Labute approximate surface area is 159 Å². The molecule has 2 atom stereocenters. The third kappa shape index (κ3) is 3.29. The first-order chi connectivity index (χ1) is 13.0. The number of carbonyl (C=O) groups is 2. The van der Waals surface area contributed by atoms with Crippen molar-refractivity contribution in [2.24, 2.45) is 5.92 Å². The predicted octanol–water partition coefficient (Wildman–Crippen LogP) is 2.89. The van der Waals surface area contributed by atoms with Gasteiger partial charge in [0.15, 0.2) is 0 Å². The van der Waals surface area contributed by atoms with E-state index >= 15 is 0 Å². The van der Waals surface area contributed by atoms with E-state index in [0.29, 0.717) is 25.9 Å². The van der Waals surface area contributed by atoms with E-state index in [1.807, 2.05) is 41.3 Å². The molecule has 27 heavy (non-hydrogen) atoms. The molecule has 2 aliphatic heterocycles. The van der Waals surface area contributed by atoms with Gasteiger partial charge in [-0.15, -0.1) is 0 Å². The van der Waals surface area contributed by atoms with Crippen LogP contribution in [0.4, 0.5) is 0 Å². The van der Waals surface area contributed by atoms with E-state index in [9.17, 15) is 14.7 Å². The van der Waals surface area contributed by atoms with E-state index in [1.165, 1.54) is 0 Å². The number of likely N-dealkylation sites (tertiary alicyclic amines) is 1. The molecule has 2 aliphatic rings. The minimum Gasteiger partial charge on any atom is -0.508 e. The number of phenols is 1. The van der Waals surface area contributed by atoms with E-state index in [4.69, 9.17) is 0 Å². The van der Waals surface area contributed by atoms with Crippen LogP contribution in [-0.2, 0) is 22.6 Å². The minimum absolute atomic E-state index is 0.0902. The van der Waals surface area contributed by atoms with Crippen molar-refractivity contribution in [3.63, 3.8) is 0 Å². The first kappa shape index (κ1) is 17.6. The molecule has 2 amide bonds. The number of nitrogens with zero attached hydrogens (tertiary/aromatic N) is 2. The summed E-state index contributed by atoms with van der Waals surface area (Å²) in [5, 5.41) is 9.66. The lowest BCUT2D eigenvalue weighted by atomic mass is 9.83. The zero-order valence-electron chi connectivity index (χ0n) is 15.5. The van der Waals surface area contributed by atoms with Crippen molar-refractivity contribution in [1.29, 1.82) is 0 Å². The Morgan fingerprint density at radius 1 is 1.07 bits per heavy atom. The highest BCUT2D eigenvalue weighted by atomic mass is 16.3. The second-order valence-electron chi connectivity index (χ2n) is 7.47. The molecule has 5 heteroatoms. The lowest BCUT2D eigenvalue weighted by molar-refractivity contribution is -0.147. The monoisotopic (exact) mass is 364 g/mol. The van der Waals surface area contributed by atoms with Crippen LogP contribution in [-0.4, -0.2) is 40.3 Å². The Bertz CT molecular complexity index is 865. The standard InChI is InChI=1S/C22H24N2O3/c1-23-20(26)10-9-19(21(23)15-5-3-2-4-6-15)22(27)24-12-11-16-13-18(25)8-7-17(16)14-24/h2-8,13,19,21,25H,9-12,14H2,1H3. The summed E-state index contributed by atoms with van der Waals surface area (Å²) in [4.78, 5) is 29.3. The first-order valence-corrected chi connectivity index (χ1v) is 9.45. The highest BCUT2D eigenvalue weighted by Gasteiger charge is 2.41. The number of piperidine rings is 1. The fraction of sp³-hybridized carbons (Fsp3) is 0.364. The third-order valence-electron chi connectivity index (χ3n) is 5.83. The molecule has 140 valence electrons. The van der Waals surface area contributed by atoms with Crippen molar-refractivity contribution in [2.75, 3.05) is 13.6 Å². The van der Waals surface area contributed by atoms with E-state index in [0.717, 1.165) is 23.1 Å². The highest BCUT2D eigenvalue weighted by molar-refractivity contribution is 5.85. The third-order valence-corrected chi connectivity index (χ3v) is 5.83. The lowest BCUT2D eigenvalue weighted by Crippen LogP contribution is -2.48. The van der Waals surface area contributed by atoms with Crippen LogP contribution in [0.25, 0.3) is 0 Å². The summed E-state index contributed by atoms with van der Waals surface area (Å²) >= 11 is 0. The molecular weight excluding hydrogens is 340 g/mol. The molecule has 0 bridgehead atoms. The molecule has 1 saturated heterocycles. The van der Waals surface area contributed by atoms with Gasteiger partial charge in [-0.25, -0.2) is 0 Å². The fourth-order valence-corrected chi connectivity index (χ4v) is 4.36. The first-order valence-electron chi connectivity index (χ1n) is 9.45. The predicted molar refractivity (Wildman–Crippen MR) is 102 cm³/mol. The smallest absolute Gasteiger partial charge is 0.228 e. The minimum atomic E-state index is -0.228. The number of hydrogen-bond donors (Lipinski definition) is 1. The van der Waals surface area contributed by atoms with E-state index in [-0.39, 0.29) is 29.5 Å². The number of hydrogen-bond acceptors (Lipinski definition) is 3. The highest BCUT2D eigenvalue weighted by Crippen LogP contribution is 2.37. The van der Waals surface area contributed by atoms with Gasteiger partial charge in [-0.2, -0.15) is 0 Å². The molecule has 0 saturated carbocycles. The van der Waals surface area contributed by atoms with Gasteiger partial charge < -0.3 is 14.9 Å². The van der Waals surface area contributed by atoms with Gasteiger partial charge >= 0.3 is 0 Å². The number of phenolic OH excluding ortho intramolecular Hbond substituents is 1. The maximum atomic E-state index is 13.4. The van der Waals surface area contributed by atoms with Gasteiger partial charge in [0, 0.05) is 26.6 Å². The van der Waals surface area contributed by atoms with Crippen molar-refractivity contribution in [1.82, 2.24) is 9.80 Å². The number of amides is 2. The van der Waals surface area contributed by atoms with Gasteiger partial charge in [0.2, 0.25) is 11.8 Å². The number of benzene rings is 2. The average Bonchev–Trinajstić information content (AvgIpc) is 2.69. The quantitative estimate of drug-likeness (QED) is 0.891. The van der Waals surface area contributed by atoms with Crippen molar-refractivity contribution < 1.29 is 14.7 Å². The second kappa shape index (κ2) is 7.06. The Hall–Kier alpha value is -2.82. The number of fused-ring (bicyclic) bond motifs is 1. The van der Waals surface area contributed by atoms with Gasteiger partial charge in [-0.3, -0.25) is 9.59 Å². The summed E-state index contributed by atoms with van der Waals surface area (Å²) in [6, 6.07) is 15.0. The number of aromatic hydroxyl groups is 1. The topological polar surface area (TPSA) is 60.9 Å². The zero-order chi connectivity index (χ0) is 19.0. The van der Waals surface area contributed by atoms with Crippen LogP contribution in [0.3, 0.4) is 0 Å². The number of rotatable bonds is 2. The van der Waals surface area contributed by atoms with Crippen LogP contribution in [0, 0.1) is 5.92 Å². The molecule has 2 unspecified atom stereocenters. The molecule has 0 aliphatic carbocycles. The van der Waals surface area contributed by atoms with Crippen LogP contribution >= 0.6 is 0 Å². The molecule has 2 aromatic rings. The molecule has 4 rings (SSSR count). The summed E-state index contributed by atoms with van der Waals surface area (Å²) in [5.74, 6) is 0.244. The largest absolute Gasteiger partial charge is 0.508 e. The van der Waals surface area contributed by atoms with Crippen molar-refractivity contribution in [2.45, 2.75) is 31.8 Å². The molecule has 1 N–H and O–H groups in total. The maximum absolute atomic E-state index is 13.4. The average molecular weight is 364 g/mol. The molecule has 0 aromatic heterocycles. The molecule has 0 radical (unpaired) electrons. The van der Waals surface area contributed by atoms with Crippen molar-refractivity contribution >= 4 is 11.8 Å². The van der Waals surface area contributed by atoms with E-state index in [1.54, 1.807) is 24.1 Å². The maximum Gasteiger partial charge on any atom is 0.228 e. The van der Waals surface area contributed by atoms with Crippen LogP contribution in [0.2, 0.25) is 0 Å². The molecule has 1 fully saturated rings. The SMILES string of the molecule is CN1C(=O)CCC(C(=O)N2CCc3cc(O)ccc3C2)C1c1ccccc1. The van der Waals surface area contributed by atoms with Crippen molar-refractivity contribution in [3.05, 3.63) is 65.2 Å². The molecular formula is C22H24N2O3. The Balaban J connectivity index is 1.60. The molecule has 2 heterocycles. The molecule has 0 spiro atoms. The molecule has 2 aromatic carbocycles. The van der Waals surface area contributed by atoms with Gasteiger partial charge in [0.1, 0.15) is 5.75 Å². The van der Waals surface area contributed by atoms with E-state index < -0.39 is 0 Å². The molecule has 5 nitrogen and oxygen atoms in total. The Morgan fingerprint density at radius 2 is 1.85 bits per heavy atom. The van der Waals surface area contributed by atoms with Gasteiger partial charge in [0.05, 0.1) is 12.0 Å². The summed E-state index contributed by atoms with van der Waals surface area (Å²) in [6.45, 7) is 1.20. The van der Waals surface area contributed by atoms with Gasteiger partial charge in [-0.1, -0.05) is 36.4 Å². The van der Waals surface area contributed by atoms with Crippen LogP contribution in [0.5, 0.6) is 5.75 Å². The summed E-state index contributed by atoms with van der Waals surface area (Å²) in [7, 11) is 1.80. The summed E-state index contributed by atoms with van der Waals surface area (Å²) in [6.07, 6.45) is 1.74. The van der Waals surface area contributed by atoms with Crippen LogP contribution in [0.15, 0.2) is 48.5 Å². The second-order valence-corrected chi connectivity index (χ2v) is 7.47.